The van der Waals surface area contributed by atoms with Crippen LogP contribution in [-0.2, 0) is 9.59 Å². The Morgan fingerprint density at radius 2 is 1.78 bits per heavy atom. The SMILES string of the molecule is CC(=O)Oc1ccc(C)c(OC(=O)C(F)(F)F)c1. The molecular weight excluding hydrogens is 253 g/mol. The number of benzene rings is 1. The van der Waals surface area contributed by atoms with E-state index in [9.17, 15) is 22.8 Å². The highest BCUT2D eigenvalue weighted by molar-refractivity contribution is 5.78. The van der Waals surface area contributed by atoms with Crippen molar-refractivity contribution in [1.82, 2.24) is 0 Å². The number of halogens is 3. The lowest BCUT2D eigenvalue weighted by Gasteiger charge is -2.10. The van der Waals surface area contributed by atoms with E-state index in [4.69, 9.17) is 0 Å². The van der Waals surface area contributed by atoms with Gasteiger partial charge in [-0.05, 0) is 18.6 Å². The van der Waals surface area contributed by atoms with Crippen LogP contribution in [0.2, 0.25) is 0 Å². The monoisotopic (exact) mass is 262 g/mol. The van der Waals surface area contributed by atoms with Crippen LogP contribution in [-0.4, -0.2) is 18.1 Å². The summed E-state index contributed by atoms with van der Waals surface area (Å²) in [5.74, 6) is -3.27. The molecule has 0 heterocycles. The van der Waals surface area contributed by atoms with Crippen LogP contribution in [0, 0.1) is 6.92 Å². The minimum absolute atomic E-state index is 0.00178. The van der Waals surface area contributed by atoms with Gasteiger partial charge in [0.25, 0.3) is 0 Å². The molecule has 0 radical (unpaired) electrons. The summed E-state index contributed by atoms with van der Waals surface area (Å²) in [4.78, 5) is 21.3. The van der Waals surface area contributed by atoms with E-state index in [0.29, 0.717) is 5.56 Å². The van der Waals surface area contributed by atoms with Crippen LogP contribution in [0.25, 0.3) is 0 Å². The van der Waals surface area contributed by atoms with Crippen molar-refractivity contribution in [3.05, 3.63) is 23.8 Å². The number of esters is 2. The normalized spacial score (nSPS) is 10.9. The molecule has 1 rings (SSSR count). The molecule has 0 unspecified atom stereocenters. The van der Waals surface area contributed by atoms with Gasteiger partial charge in [0.2, 0.25) is 0 Å². The maximum absolute atomic E-state index is 12.0. The first-order valence-corrected chi connectivity index (χ1v) is 4.78. The molecular formula is C11H9F3O4. The maximum atomic E-state index is 12.0. The largest absolute Gasteiger partial charge is 0.491 e. The first-order valence-electron chi connectivity index (χ1n) is 4.78. The first kappa shape index (κ1) is 14.0. The average Bonchev–Trinajstić information content (AvgIpc) is 2.20. The van der Waals surface area contributed by atoms with Crippen molar-refractivity contribution < 1.29 is 32.2 Å². The quantitative estimate of drug-likeness (QED) is 0.606. The summed E-state index contributed by atoms with van der Waals surface area (Å²) in [5, 5.41) is 0. The van der Waals surface area contributed by atoms with Crippen molar-refractivity contribution in [1.29, 1.82) is 0 Å². The maximum Gasteiger partial charge on any atom is 0.491 e. The van der Waals surface area contributed by atoms with Crippen LogP contribution in [0.15, 0.2) is 18.2 Å². The topological polar surface area (TPSA) is 52.6 Å². The Balaban J connectivity index is 2.94. The zero-order valence-electron chi connectivity index (χ0n) is 9.50. The van der Waals surface area contributed by atoms with Gasteiger partial charge in [-0.2, -0.15) is 13.2 Å². The summed E-state index contributed by atoms with van der Waals surface area (Å²) in [5.41, 5.74) is 0.309. The van der Waals surface area contributed by atoms with Gasteiger partial charge in [0.15, 0.2) is 0 Å². The summed E-state index contributed by atoms with van der Waals surface area (Å²) in [7, 11) is 0. The third kappa shape index (κ3) is 3.76. The van der Waals surface area contributed by atoms with E-state index < -0.39 is 18.1 Å². The highest BCUT2D eigenvalue weighted by Crippen LogP contribution is 2.27. The minimum atomic E-state index is -5.08. The van der Waals surface area contributed by atoms with Gasteiger partial charge >= 0.3 is 18.1 Å². The van der Waals surface area contributed by atoms with Crippen LogP contribution in [0.1, 0.15) is 12.5 Å². The number of hydrogen-bond acceptors (Lipinski definition) is 4. The Bertz CT molecular complexity index is 480. The fraction of sp³-hybridized carbons (Fsp3) is 0.273. The number of aryl methyl sites for hydroxylation is 1. The summed E-state index contributed by atoms with van der Waals surface area (Å²) in [6.45, 7) is 2.60. The van der Waals surface area contributed by atoms with Gasteiger partial charge in [-0.15, -0.1) is 0 Å². The molecule has 0 amide bonds. The van der Waals surface area contributed by atoms with Crippen molar-refractivity contribution in [3.8, 4) is 11.5 Å². The van der Waals surface area contributed by atoms with Crippen molar-refractivity contribution in [2.24, 2.45) is 0 Å². The van der Waals surface area contributed by atoms with E-state index in [2.05, 4.69) is 9.47 Å². The van der Waals surface area contributed by atoms with E-state index in [1.54, 1.807) is 0 Å². The molecule has 98 valence electrons. The molecule has 7 heteroatoms. The Morgan fingerprint density at radius 3 is 2.28 bits per heavy atom. The van der Waals surface area contributed by atoms with Crippen LogP contribution >= 0.6 is 0 Å². The van der Waals surface area contributed by atoms with Crippen molar-refractivity contribution >= 4 is 11.9 Å². The number of carbonyl (C=O) groups is 2. The zero-order valence-corrected chi connectivity index (χ0v) is 9.50. The zero-order chi connectivity index (χ0) is 13.9. The summed E-state index contributed by atoms with van der Waals surface area (Å²) < 4.78 is 44.9. The smallest absolute Gasteiger partial charge is 0.427 e. The van der Waals surface area contributed by atoms with Crippen LogP contribution < -0.4 is 9.47 Å². The summed E-state index contributed by atoms with van der Waals surface area (Å²) >= 11 is 0. The lowest BCUT2D eigenvalue weighted by atomic mass is 10.2. The molecule has 0 aliphatic heterocycles. The Labute approximate surface area is 100 Å². The molecule has 0 bridgehead atoms. The van der Waals surface area contributed by atoms with Gasteiger partial charge in [-0.1, -0.05) is 6.07 Å². The molecule has 0 aliphatic rings. The van der Waals surface area contributed by atoms with Gasteiger partial charge in [0, 0.05) is 13.0 Å². The second-order valence-electron chi connectivity index (χ2n) is 3.41. The molecule has 0 N–H and O–H groups in total. The summed E-state index contributed by atoms with van der Waals surface area (Å²) in [6, 6.07) is 3.79. The van der Waals surface area contributed by atoms with Crippen molar-refractivity contribution in [2.75, 3.05) is 0 Å². The van der Waals surface area contributed by atoms with E-state index in [1.807, 2.05) is 0 Å². The van der Waals surface area contributed by atoms with Crippen LogP contribution in [0.4, 0.5) is 13.2 Å². The second-order valence-corrected chi connectivity index (χ2v) is 3.41. The Hall–Kier alpha value is -2.05. The molecule has 0 aliphatic carbocycles. The number of hydrogen-bond donors (Lipinski definition) is 0. The van der Waals surface area contributed by atoms with Gasteiger partial charge in [0.05, 0.1) is 0 Å². The number of alkyl halides is 3. The molecule has 1 aromatic carbocycles. The summed E-state index contributed by atoms with van der Waals surface area (Å²) in [6.07, 6.45) is -5.08. The van der Waals surface area contributed by atoms with Gasteiger partial charge in [-0.25, -0.2) is 4.79 Å². The fourth-order valence-corrected chi connectivity index (χ4v) is 1.08. The molecule has 0 fully saturated rings. The molecule has 0 spiro atoms. The first-order chi connectivity index (χ1) is 8.20. The number of ether oxygens (including phenoxy) is 2. The fourth-order valence-electron chi connectivity index (χ4n) is 1.08. The highest BCUT2D eigenvalue weighted by atomic mass is 19.4. The number of carbonyl (C=O) groups excluding carboxylic acids is 2. The predicted octanol–water partition coefficient (Wildman–Crippen LogP) is 2.39. The average molecular weight is 262 g/mol. The molecule has 0 saturated heterocycles. The molecule has 4 nitrogen and oxygen atoms in total. The van der Waals surface area contributed by atoms with E-state index in [1.165, 1.54) is 19.1 Å². The third-order valence-corrected chi connectivity index (χ3v) is 1.86. The van der Waals surface area contributed by atoms with Gasteiger partial charge < -0.3 is 9.47 Å². The lowest BCUT2D eigenvalue weighted by molar-refractivity contribution is -0.189. The number of rotatable bonds is 2. The Morgan fingerprint density at radius 1 is 1.17 bits per heavy atom. The van der Waals surface area contributed by atoms with E-state index >= 15 is 0 Å². The van der Waals surface area contributed by atoms with Crippen LogP contribution in [0.5, 0.6) is 11.5 Å². The van der Waals surface area contributed by atoms with Crippen molar-refractivity contribution in [2.45, 2.75) is 20.0 Å². The van der Waals surface area contributed by atoms with Crippen molar-refractivity contribution in [3.63, 3.8) is 0 Å². The van der Waals surface area contributed by atoms with Gasteiger partial charge in [0.1, 0.15) is 11.5 Å². The molecule has 18 heavy (non-hydrogen) atoms. The van der Waals surface area contributed by atoms with Gasteiger partial charge in [-0.3, -0.25) is 4.79 Å². The Kier molecular flexibility index (Phi) is 3.95. The lowest BCUT2D eigenvalue weighted by Crippen LogP contribution is -2.28. The molecule has 0 saturated carbocycles. The third-order valence-electron chi connectivity index (χ3n) is 1.86. The second kappa shape index (κ2) is 5.07. The molecule has 0 aromatic heterocycles. The minimum Gasteiger partial charge on any atom is -0.427 e. The standard InChI is InChI=1S/C11H9F3O4/c1-6-3-4-8(17-7(2)15)5-9(6)18-10(16)11(12,13)14/h3-5H,1-2H3. The van der Waals surface area contributed by atoms with Crippen LogP contribution in [0.3, 0.4) is 0 Å². The molecule has 0 atom stereocenters. The van der Waals surface area contributed by atoms with E-state index in [0.717, 1.165) is 13.0 Å². The predicted molar refractivity (Wildman–Crippen MR) is 54.2 cm³/mol. The van der Waals surface area contributed by atoms with E-state index in [-0.39, 0.29) is 11.5 Å². The highest BCUT2D eigenvalue weighted by Gasteiger charge is 2.41. The molecule has 1 aromatic rings.